The molecule has 0 fully saturated rings. The van der Waals surface area contributed by atoms with Crippen molar-refractivity contribution in [2.24, 2.45) is 0 Å². The number of aromatic nitrogens is 1. The third-order valence-corrected chi connectivity index (χ3v) is 10.0. The number of aromatic amines is 1. The Hall–Kier alpha value is -6.84. The van der Waals surface area contributed by atoms with Crippen molar-refractivity contribution in [3.8, 4) is 33.4 Å². The van der Waals surface area contributed by atoms with Crippen LogP contribution in [0, 0.1) is 0 Å². The van der Waals surface area contributed by atoms with Gasteiger partial charge in [0.25, 0.3) is 0 Å². The van der Waals surface area contributed by atoms with Crippen LogP contribution in [-0.4, -0.2) is 4.98 Å². The summed E-state index contributed by atoms with van der Waals surface area (Å²) in [4.78, 5) is 6.01. The molecular formula is C48H32N2O. The van der Waals surface area contributed by atoms with Gasteiger partial charge in [0.1, 0.15) is 11.2 Å². The molecule has 0 bridgehead atoms. The van der Waals surface area contributed by atoms with E-state index >= 15 is 0 Å². The van der Waals surface area contributed by atoms with Gasteiger partial charge in [-0.2, -0.15) is 0 Å². The number of furan rings is 1. The zero-order chi connectivity index (χ0) is 33.7. The Bertz CT molecular complexity index is 2750. The number of hydrogen-bond acceptors (Lipinski definition) is 2. The number of anilines is 3. The Labute approximate surface area is 295 Å². The molecule has 3 nitrogen and oxygen atoms in total. The van der Waals surface area contributed by atoms with Crippen molar-refractivity contribution in [3.63, 3.8) is 0 Å². The lowest BCUT2D eigenvalue weighted by atomic mass is 9.99. The van der Waals surface area contributed by atoms with Gasteiger partial charge < -0.3 is 14.3 Å². The van der Waals surface area contributed by atoms with Gasteiger partial charge in [0.2, 0.25) is 0 Å². The fourth-order valence-corrected chi connectivity index (χ4v) is 7.55. The van der Waals surface area contributed by atoms with Gasteiger partial charge in [0, 0.05) is 55.3 Å². The van der Waals surface area contributed by atoms with Crippen LogP contribution in [0.2, 0.25) is 0 Å². The van der Waals surface area contributed by atoms with Crippen LogP contribution in [-0.2, 0) is 0 Å². The van der Waals surface area contributed by atoms with Gasteiger partial charge >= 0.3 is 0 Å². The highest BCUT2D eigenvalue weighted by atomic mass is 16.3. The number of benzene rings is 8. The summed E-state index contributed by atoms with van der Waals surface area (Å²) in [6.07, 6.45) is 0. The molecule has 0 unspecified atom stereocenters. The molecule has 2 aromatic heterocycles. The number of nitrogens with one attached hydrogen (secondary N) is 1. The van der Waals surface area contributed by atoms with Gasteiger partial charge in [0.15, 0.2) is 0 Å². The summed E-state index contributed by atoms with van der Waals surface area (Å²) in [6.45, 7) is 0. The van der Waals surface area contributed by atoms with E-state index in [9.17, 15) is 0 Å². The lowest BCUT2D eigenvalue weighted by molar-refractivity contribution is 0.670. The first kappa shape index (κ1) is 29.1. The molecule has 1 N–H and O–H groups in total. The summed E-state index contributed by atoms with van der Waals surface area (Å²) in [7, 11) is 0. The third-order valence-electron chi connectivity index (χ3n) is 10.0. The topological polar surface area (TPSA) is 32.2 Å². The van der Waals surface area contributed by atoms with Crippen LogP contribution in [0.25, 0.3) is 77.1 Å². The second kappa shape index (κ2) is 11.9. The molecule has 0 aliphatic rings. The van der Waals surface area contributed by atoms with E-state index < -0.39 is 0 Å². The first-order valence-electron chi connectivity index (χ1n) is 17.3. The Morgan fingerprint density at radius 3 is 1.57 bits per heavy atom. The first-order chi connectivity index (χ1) is 25.3. The predicted octanol–water partition coefficient (Wildman–Crippen LogP) is 13.7. The monoisotopic (exact) mass is 652 g/mol. The highest BCUT2D eigenvalue weighted by molar-refractivity contribution is 6.16. The summed E-state index contributed by atoms with van der Waals surface area (Å²) in [5.41, 5.74) is 14.2. The molecule has 0 aliphatic carbocycles. The summed E-state index contributed by atoms with van der Waals surface area (Å²) in [5, 5.41) is 4.62. The van der Waals surface area contributed by atoms with Crippen molar-refractivity contribution >= 4 is 60.8 Å². The standard InChI is InChI=1S/C48H32N2O/c1-3-11-32(12-4-1)34-21-25-36(26-22-34)50(37-27-23-35(24-28-37)33-13-5-2-6-14-33)38-29-30-46-44(31-38)43-19-10-18-42(48(43)51-46)41-17-9-16-40-39-15-7-8-20-45(39)49-47(40)41/h1-31,49H. The SMILES string of the molecule is c1ccc(-c2ccc(N(c3ccc(-c4ccccc4)cc3)c3ccc4oc5c(-c6cccc7c6[nH]c6ccccc67)cccc5c4c3)cc2)cc1. The van der Waals surface area contributed by atoms with E-state index in [1.54, 1.807) is 0 Å². The van der Waals surface area contributed by atoms with E-state index in [1.165, 1.54) is 33.0 Å². The van der Waals surface area contributed by atoms with E-state index in [0.29, 0.717) is 0 Å². The summed E-state index contributed by atoms with van der Waals surface area (Å²) in [5.74, 6) is 0. The van der Waals surface area contributed by atoms with Crippen molar-refractivity contribution in [2.75, 3.05) is 4.90 Å². The van der Waals surface area contributed by atoms with E-state index in [2.05, 4.69) is 198 Å². The van der Waals surface area contributed by atoms with Crippen molar-refractivity contribution < 1.29 is 4.42 Å². The van der Waals surface area contributed by atoms with E-state index in [4.69, 9.17) is 4.42 Å². The molecule has 10 rings (SSSR count). The third kappa shape index (κ3) is 4.98. The molecule has 0 aliphatic heterocycles. The normalized spacial score (nSPS) is 11.5. The molecule has 0 saturated carbocycles. The first-order valence-corrected chi connectivity index (χ1v) is 17.3. The van der Waals surface area contributed by atoms with E-state index in [1.807, 2.05) is 0 Å². The largest absolute Gasteiger partial charge is 0.455 e. The fraction of sp³-hybridized carbons (Fsp3) is 0. The summed E-state index contributed by atoms with van der Waals surface area (Å²) in [6, 6.07) is 66.8. The second-order valence-corrected chi connectivity index (χ2v) is 13.0. The van der Waals surface area contributed by atoms with Crippen LogP contribution in [0.15, 0.2) is 192 Å². The highest BCUT2D eigenvalue weighted by Crippen LogP contribution is 2.43. The average molecular weight is 653 g/mol. The summed E-state index contributed by atoms with van der Waals surface area (Å²) >= 11 is 0. The maximum atomic E-state index is 6.70. The van der Waals surface area contributed by atoms with Crippen LogP contribution in [0.5, 0.6) is 0 Å². The van der Waals surface area contributed by atoms with Crippen LogP contribution < -0.4 is 4.90 Å². The minimum Gasteiger partial charge on any atom is -0.455 e. The van der Waals surface area contributed by atoms with Gasteiger partial charge in [-0.05, 0) is 70.8 Å². The van der Waals surface area contributed by atoms with Gasteiger partial charge in [-0.1, -0.05) is 140 Å². The quantitative estimate of drug-likeness (QED) is 0.194. The van der Waals surface area contributed by atoms with Crippen LogP contribution >= 0.6 is 0 Å². The number of nitrogens with zero attached hydrogens (tertiary/aromatic N) is 1. The van der Waals surface area contributed by atoms with Crippen molar-refractivity contribution in [2.45, 2.75) is 0 Å². The number of H-pyrrole nitrogens is 1. The van der Waals surface area contributed by atoms with Gasteiger partial charge in [0.05, 0.1) is 5.52 Å². The number of para-hydroxylation sites is 3. The van der Waals surface area contributed by atoms with Crippen LogP contribution in [0.3, 0.4) is 0 Å². The van der Waals surface area contributed by atoms with Crippen LogP contribution in [0.1, 0.15) is 0 Å². The smallest absolute Gasteiger partial charge is 0.143 e. The zero-order valence-electron chi connectivity index (χ0n) is 27.8. The molecule has 10 aromatic rings. The van der Waals surface area contributed by atoms with Crippen LogP contribution in [0.4, 0.5) is 17.1 Å². The van der Waals surface area contributed by atoms with E-state index in [0.717, 1.165) is 61.2 Å². The zero-order valence-corrected chi connectivity index (χ0v) is 27.8. The Morgan fingerprint density at radius 1 is 0.373 bits per heavy atom. The lowest BCUT2D eigenvalue weighted by Crippen LogP contribution is -2.09. The lowest BCUT2D eigenvalue weighted by Gasteiger charge is -2.26. The number of hydrogen-bond donors (Lipinski definition) is 1. The van der Waals surface area contributed by atoms with Crippen molar-refractivity contribution in [1.29, 1.82) is 0 Å². The minimum atomic E-state index is 0.865. The molecule has 3 heteroatoms. The molecule has 2 heterocycles. The number of fused-ring (bicyclic) bond motifs is 6. The molecule has 0 saturated heterocycles. The molecule has 0 spiro atoms. The molecule has 0 atom stereocenters. The van der Waals surface area contributed by atoms with Gasteiger partial charge in [-0.3, -0.25) is 0 Å². The number of rotatable bonds is 6. The Balaban J connectivity index is 1.11. The molecule has 0 radical (unpaired) electrons. The average Bonchev–Trinajstić information content (AvgIpc) is 3.78. The molecule has 0 amide bonds. The van der Waals surface area contributed by atoms with E-state index in [-0.39, 0.29) is 0 Å². The summed E-state index contributed by atoms with van der Waals surface area (Å²) < 4.78 is 6.70. The van der Waals surface area contributed by atoms with Gasteiger partial charge in [-0.25, -0.2) is 0 Å². The van der Waals surface area contributed by atoms with Crippen molar-refractivity contribution in [3.05, 3.63) is 188 Å². The molecule has 8 aromatic carbocycles. The Kier molecular flexibility index (Phi) is 6.81. The molecular weight excluding hydrogens is 621 g/mol. The molecule has 51 heavy (non-hydrogen) atoms. The predicted molar refractivity (Wildman–Crippen MR) is 214 cm³/mol. The highest BCUT2D eigenvalue weighted by Gasteiger charge is 2.19. The minimum absolute atomic E-state index is 0.865. The fourth-order valence-electron chi connectivity index (χ4n) is 7.55. The maximum absolute atomic E-state index is 6.70. The Morgan fingerprint density at radius 2 is 0.902 bits per heavy atom. The van der Waals surface area contributed by atoms with Gasteiger partial charge in [-0.15, -0.1) is 0 Å². The second-order valence-electron chi connectivity index (χ2n) is 13.0. The van der Waals surface area contributed by atoms with Crippen molar-refractivity contribution in [1.82, 2.24) is 4.98 Å². The maximum Gasteiger partial charge on any atom is 0.143 e. The molecule has 240 valence electrons.